The molecule has 0 fully saturated rings. The first-order valence-corrected chi connectivity index (χ1v) is 3.32. The number of rotatable bonds is 1. The quantitative estimate of drug-likeness (QED) is 0.542. The third-order valence-corrected chi connectivity index (χ3v) is 1.57. The number of hydrazine groups is 1. The average Bonchev–Trinajstić information content (AvgIpc) is 2.04. The molecule has 0 spiro atoms. The van der Waals surface area contributed by atoms with E-state index >= 15 is 0 Å². The van der Waals surface area contributed by atoms with Gasteiger partial charge in [-0.2, -0.15) is 5.26 Å². The third kappa shape index (κ3) is 2.28. The van der Waals surface area contributed by atoms with E-state index in [4.69, 9.17) is 22.7 Å². The summed E-state index contributed by atoms with van der Waals surface area (Å²) in [5, 5.41) is 8.92. The van der Waals surface area contributed by atoms with Crippen LogP contribution >= 0.6 is 24.0 Å². The van der Waals surface area contributed by atoms with Gasteiger partial charge in [0.25, 0.3) is 0 Å². The van der Waals surface area contributed by atoms with Crippen molar-refractivity contribution >= 4 is 29.7 Å². The van der Waals surface area contributed by atoms with Crippen molar-refractivity contribution in [1.29, 1.82) is 5.26 Å². The van der Waals surface area contributed by atoms with Gasteiger partial charge in [-0.1, -0.05) is 11.6 Å². The molecular formula is C7H7Cl2N3. The fourth-order valence-electron chi connectivity index (χ4n) is 0.702. The predicted octanol–water partition coefficient (Wildman–Crippen LogP) is 1.92. The number of halogens is 2. The Hall–Kier alpha value is -0.950. The first-order valence-electron chi connectivity index (χ1n) is 2.94. The molecule has 0 saturated carbocycles. The fourth-order valence-corrected chi connectivity index (χ4v) is 0.937. The molecule has 0 atom stereocenters. The number of hydrogen-bond acceptors (Lipinski definition) is 3. The second kappa shape index (κ2) is 4.83. The van der Waals surface area contributed by atoms with E-state index in [2.05, 4.69) is 5.43 Å². The molecule has 3 nitrogen and oxygen atoms in total. The van der Waals surface area contributed by atoms with E-state index in [1.54, 1.807) is 18.2 Å². The van der Waals surface area contributed by atoms with E-state index in [1.165, 1.54) is 0 Å². The molecule has 1 aromatic rings. The van der Waals surface area contributed by atoms with Gasteiger partial charge in [0.2, 0.25) is 0 Å². The molecule has 0 bridgehead atoms. The van der Waals surface area contributed by atoms with Gasteiger partial charge in [-0.05, 0) is 18.2 Å². The average molecular weight is 204 g/mol. The van der Waals surface area contributed by atoms with E-state index in [0.29, 0.717) is 16.3 Å². The number of nitrogen functional groups attached to an aromatic ring is 1. The largest absolute Gasteiger partial charge is 0.323 e. The molecule has 3 N–H and O–H groups in total. The molecule has 12 heavy (non-hydrogen) atoms. The minimum Gasteiger partial charge on any atom is -0.323 e. The minimum atomic E-state index is 0. The summed E-state index contributed by atoms with van der Waals surface area (Å²) in [5.41, 5.74) is 3.54. The van der Waals surface area contributed by atoms with Crippen LogP contribution in [0.15, 0.2) is 18.2 Å². The molecule has 0 heterocycles. The van der Waals surface area contributed by atoms with Crippen LogP contribution in [0.2, 0.25) is 5.02 Å². The van der Waals surface area contributed by atoms with Crippen molar-refractivity contribution in [3.8, 4) is 6.07 Å². The van der Waals surface area contributed by atoms with Crippen LogP contribution < -0.4 is 11.3 Å². The van der Waals surface area contributed by atoms with Gasteiger partial charge in [-0.25, -0.2) is 0 Å². The zero-order valence-electron chi connectivity index (χ0n) is 6.04. The van der Waals surface area contributed by atoms with Crippen LogP contribution in [0.1, 0.15) is 5.56 Å². The molecule has 0 radical (unpaired) electrons. The molecular weight excluding hydrogens is 197 g/mol. The van der Waals surface area contributed by atoms with Crippen molar-refractivity contribution < 1.29 is 0 Å². The van der Waals surface area contributed by atoms with Crippen molar-refractivity contribution in [2.75, 3.05) is 5.43 Å². The number of nitrogens with one attached hydrogen (secondary N) is 1. The zero-order valence-corrected chi connectivity index (χ0v) is 7.62. The van der Waals surface area contributed by atoms with Gasteiger partial charge < -0.3 is 5.43 Å². The Morgan fingerprint density at radius 1 is 1.50 bits per heavy atom. The Balaban J connectivity index is 0.00000121. The number of anilines is 1. The maximum absolute atomic E-state index is 8.47. The van der Waals surface area contributed by atoms with Crippen molar-refractivity contribution in [3.63, 3.8) is 0 Å². The first kappa shape index (κ1) is 11.1. The summed E-state index contributed by atoms with van der Waals surface area (Å²) in [5.74, 6) is 5.12. The lowest BCUT2D eigenvalue weighted by atomic mass is 10.2. The normalized spacial score (nSPS) is 8.08. The molecule has 1 aromatic carbocycles. The Bertz CT molecular complexity index is 306. The molecule has 0 aliphatic carbocycles. The van der Waals surface area contributed by atoms with Crippen molar-refractivity contribution in [1.82, 2.24) is 0 Å². The van der Waals surface area contributed by atoms with E-state index in [0.717, 1.165) is 0 Å². The second-order valence-electron chi connectivity index (χ2n) is 1.95. The van der Waals surface area contributed by atoms with E-state index in [-0.39, 0.29) is 12.4 Å². The summed E-state index contributed by atoms with van der Waals surface area (Å²) >= 11 is 5.71. The summed E-state index contributed by atoms with van der Waals surface area (Å²) in [6, 6.07) is 6.81. The number of benzene rings is 1. The molecule has 0 aromatic heterocycles. The highest BCUT2D eigenvalue weighted by Gasteiger charge is 1.98. The van der Waals surface area contributed by atoms with E-state index in [1.807, 2.05) is 6.07 Å². The molecule has 0 aliphatic rings. The van der Waals surface area contributed by atoms with Crippen LogP contribution in [0.25, 0.3) is 0 Å². The molecule has 1 rings (SSSR count). The summed E-state index contributed by atoms with van der Waals surface area (Å²) in [4.78, 5) is 0. The fraction of sp³-hybridized carbons (Fsp3) is 0. The summed E-state index contributed by atoms with van der Waals surface area (Å²) in [6.45, 7) is 0. The second-order valence-corrected chi connectivity index (χ2v) is 2.36. The number of nitrogens with two attached hydrogens (primary N) is 1. The van der Waals surface area contributed by atoms with Crippen LogP contribution in [-0.4, -0.2) is 0 Å². The number of nitrogens with zero attached hydrogens (tertiary/aromatic N) is 1. The number of nitriles is 1. The number of hydrogen-bond donors (Lipinski definition) is 2. The highest BCUT2D eigenvalue weighted by atomic mass is 35.5. The molecule has 0 aliphatic heterocycles. The summed E-state index contributed by atoms with van der Waals surface area (Å²) in [7, 11) is 0. The Morgan fingerprint density at radius 3 is 2.58 bits per heavy atom. The van der Waals surface area contributed by atoms with Crippen molar-refractivity contribution in [2.45, 2.75) is 0 Å². The Labute approximate surface area is 81.5 Å². The van der Waals surface area contributed by atoms with Crippen LogP contribution in [0.4, 0.5) is 5.69 Å². The maximum atomic E-state index is 8.47. The molecule has 0 amide bonds. The first-order chi connectivity index (χ1) is 5.27. The van der Waals surface area contributed by atoms with Crippen molar-refractivity contribution in [2.24, 2.45) is 5.84 Å². The van der Waals surface area contributed by atoms with E-state index in [9.17, 15) is 0 Å². The van der Waals surface area contributed by atoms with Gasteiger partial charge >= 0.3 is 0 Å². The van der Waals surface area contributed by atoms with Gasteiger partial charge in [-0.15, -0.1) is 12.4 Å². The topological polar surface area (TPSA) is 61.8 Å². The highest BCUT2D eigenvalue weighted by molar-refractivity contribution is 6.33. The molecule has 5 heteroatoms. The SMILES string of the molecule is Cl.N#Cc1ccc(NN)c(Cl)c1. The summed E-state index contributed by atoms with van der Waals surface area (Å²) < 4.78 is 0. The van der Waals surface area contributed by atoms with Crippen LogP contribution in [0.5, 0.6) is 0 Å². The molecule has 64 valence electrons. The summed E-state index contributed by atoms with van der Waals surface area (Å²) in [6.07, 6.45) is 0. The van der Waals surface area contributed by atoms with Crippen LogP contribution in [0, 0.1) is 11.3 Å². The van der Waals surface area contributed by atoms with Crippen LogP contribution in [-0.2, 0) is 0 Å². The van der Waals surface area contributed by atoms with Gasteiger partial charge in [-0.3, -0.25) is 5.84 Å². The lowest BCUT2D eigenvalue weighted by Gasteiger charge is -2.01. The predicted molar refractivity (Wildman–Crippen MR) is 51.2 cm³/mol. The van der Waals surface area contributed by atoms with Gasteiger partial charge in [0.15, 0.2) is 0 Å². The zero-order chi connectivity index (χ0) is 8.27. The molecule has 0 unspecified atom stereocenters. The maximum Gasteiger partial charge on any atom is 0.0992 e. The third-order valence-electron chi connectivity index (χ3n) is 1.25. The Kier molecular flexibility index (Phi) is 4.45. The molecule has 0 saturated heterocycles. The van der Waals surface area contributed by atoms with Gasteiger partial charge in [0.05, 0.1) is 22.3 Å². The lowest BCUT2D eigenvalue weighted by Crippen LogP contribution is -2.06. The Morgan fingerprint density at radius 2 is 2.17 bits per heavy atom. The minimum absolute atomic E-state index is 0. The van der Waals surface area contributed by atoms with Crippen LogP contribution in [0.3, 0.4) is 0 Å². The smallest absolute Gasteiger partial charge is 0.0992 e. The van der Waals surface area contributed by atoms with Gasteiger partial charge in [0.1, 0.15) is 0 Å². The van der Waals surface area contributed by atoms with Gasteiger partial charge in [0, 0.05) is 0 Å². The monoisotopic (exact) mass is 203 g/mol. The highest BCUT2D eigenvalue weighted by Crippen LogP contribution is 2.21. The van der Waals surface area contributed by atoms with E-state index < -0.39 is 0 Å². The standard InChI is InChI=1S/C7H6ClN3.ClH/c8-6-3-5(4-9)1-2-7(6)11-10;/h1-3,11H,10H2;1H. The lowest BCUT2D eigenvalue weighted by molar-refractivity contribution is 1.35. The van der Waals surface area contributed by atoms with Crippen molar-refractivity contribution in [3.05, 3.63) is 28.8 Å².